The van der Waals surface area contributed by atoms with Crippen molar-refractivity contribution in [2.45, 2.75) is 12.8 Å². The summed E-state index contributed by atoms with van der Waals surface area (Å²) in [6.07, 6.45) is 1.86. The van der Waals surface area contributed by atoms with E-state index in [1.807, 2.05) is 61.7 Å². The van der Waals surface area contributed by atoms with Gasteiger partial charge < -0.3 is 9.72 Å². The number of fused-ring (bicyclic) bond motifs is 1. The SMILES string of the molecule is CCOc1ccccc1[C@@H](C[N+](=O)[O-])c1c[nH]c2ccccc12. The fourth-order valence-electron chi connectivity index (χ4n) is 2.95. The molecule has 5 heteroatoms. The molecule has 0 fully saturated rings. The molecule has 3 aromatic rings. The van der Waals surface area contributed by atoms with Gasteiger partial charge in [0.15, 0.2) is 0 Å². The molecule has 1 N–H and O–H groups in total. The molecule has 1 aromatic heterocycles. The lowest BCUT2D eigenvalue weighted by molar-refractivity contribution is -0.481. The molecule has 0 spiro atoms. The van der Waals surface area contributed by atoms with Gasteiger partial charge in [-0.25, -0.2) is 0 Å². The summed E-state index contributed by atoms with van der Waals surface area (Å²) in [6, 6.07) is 15.4. The molecule has 5 nitrogen and oxygen atoms in total. The second-order valence-electron chi connectivity index (χ2n) is 5.33. The first-order chi connectivity index (χ1) is 11.2. The van der Waals surface area contributed by atoms with Crippen molar-refractivity contribution >= 4 is 10.9 Å². The van der Waals surface area contributed by atoms with Gasteiger partial charge in [0.05, 0.1) is 12.5 Å². The highest BCUT2D eigenvalue weighted by Gasteiger charge is 2.25. The van der Waals surface area contributed by atoms with Crippen LogP contribution in [0.15, 0.2) is 54.7 Å². The Bertz CT molecular complexity index is 826. The van der Waals surface area contributed by atoms with Crippen molar-refractivity contribution in [2.24, 2.45) is 0 Å². The number of hydrogen-bond acceptors (Lipinski definition) is 3. The fourth-order valence-corrected chi connectivity index (χ4v) is 2.95. The van der Waals surface area contributed by atoms with Gasteiger partial charge in [-0.2, -0.15) is 0 Å². The van der Waals surface area contributed by atoms with Crippen molar-refractivity contribution in [1.82, 2.24) is 4.98 Å². The molecule has 0 saturated carbocycles. The van der Waals surface area contributed by atoms with Crippen molar-refractivity contribution in [3.63, 3.8) is 0 Å². The molecule has 1 atom stereocenters. The maximum Gasteiger partial charge on any atom is 0.214 e. The summed E-state index contributed by atoms with van der Waals surface area (Å²) in [6.45, 7) is 2.26. The number of nitro groups is 1. The Kier molecular flexibility index (Phi) is 4.28. The number of hydrogen-bond donors (Lipinski definition) is 1. The van der Waals surface area contributed by atoms with Crippen LogP contribution in [0.4, 0.5) is 0 Å². The number of aromatic nitrogens is 1. The van der Waals surface area contributed by atoms with Gasteiger partial charge in [0.25, 0.3) is 0 Å². The largest absolute Gasteiger partial charge is 0.494 e. The summed E-state index contributed by atoms with van der Waals surface area (Å²) in [7, 11) is 0. The van der Waals surface area contributed by atoms with Crippen LogP contribution in [-0.2, 0) is 0 Å². The maximum atomic E-state index is 11.2. The Morgan fingerprint density at radius 1 is 1.13 bits per heavy atom. The number of H-pyrrole nitrogens is 1. The normalized spacial score (nSPS) is 12.2. The van der Waals surface area contributed by atoms with E-state index >= 15 is 0 Å². The first-order valence-electron chi connectivity index (χ1n) is 7.60. The third kappa shape index (κ3) is 3.04. The predicted molar refractivity (Wildman–Crippen MR) is 89.6 cm³/mol. The molecule has 118 valence electrons. The van der Waals surface area contributed by atoms with Crippen molar-refractivity contribution in [2.75, 3.05) is 13.2 Å². The zero-order chi connectivity index (χ0) is 16.2. The Hall–Kier alpha value is -2.82. The minimum Gasteiger partial charge on any atom is -0.494 e. The first-order valence-corrected chi connectivity index (χ1v) is 7.60. The van der Waals surface area contributed by atoms with Gasteiger partial charge >= 0.3 is 0 Å². The molecule has 0 radical (unpaired) electrons. The molecule has 0 aliphatic rings. The Morgan fingerprint density at radius 2 is 1.87 bits per heavy atom. The van der Waals surface area contributed by atoms with Gasteiger partial charge in [0.1, 0.15) is 5.75 Å². The molecule has 0 aliphatic heterocycles. The quantitative estimate of drug-likeness (QED) is 0.553. The third-order valence-corrected chi connectivity index (χ3v) is 3.92. The number of rotatable bonds is 6. The predicted octanol–water partition coefficient (Wildman–Crippen LogP) is 3.98. The van der Waals surface area contributed by atoms with E-state index in [-0.39, 0.29) is 17.4 Å². The summed E-state index contributed by atoms with van der Waals surface area (Å²) in [5, 5.41) is 12.2. The molecule has 2 aromatic carbocycles. The van der Waals surface area contributed by atoms with Crippen LogP contribution in [-0.4, -0.2) is 23.1 Å². The van der Waals surface area contributed by atoms with Gasteiger partial charge in [-0.15, -0.1) is 0 Å². The lowest BCUT2D eigenvalue weighted by Crippen LogP contribution is -2.15. The highest BCUT2D eigenvalue weighted by atomic mass is 16.6. The van der Waals surface area contributed by atoms with Crippen LogP contribution in [0.3, 0.4) is 0 Å². The van der Waals surface area contributed by atoms with Crippen LogP contribution in [0.1, 0.15) is 24.0 Å². The smallest absolute Gasteiger partial charge is 0.214 e. The lowest BCUT2D eigenvalue weighted by atomic mass is 9.90. The average Bonchev–Trinajstić information content (AvgIpc) is 2.97. The molecule has 1 heterocycles. The minimum atomic E-state index is -0.358. The topological polar surface area (TPSA) is 68.2 Å². The van der Waals surface area contributed by atoms with Gasteiger partial charge in [-0.1, -0.05) is 36.4 Å². The molecule has 3 rings (SSSR count). The van der Waals surface area contributed by atoms with Crippen molar-refractivity contribution in [3.05, 3.63) is 76.0 Å². The number of aromatic amines is 1. The monoisotopic (exact) mass is 310 g/mol. The summed E-state index contributed by atoms with van der Waals surface area (Å²) >= 11 is 0. The van der Waals surface area contributed by atoms with Crippen LogP contribution in [0.25, 0.3) is 10.9 Å². The summed E-state index contributed by atoms with van der Waals surface area (Å²) in [5.74, 6) is 0.344. The van der Waals surface area contributed by atoms with Crippen LogP contribution in [0.5, 0.6) is 5.75 Å². The third-order valence-electron chi connectivity index (χ3n) is 3.92. The van der Waals surface area contributed by atoms with E-state index in [1.54, 1.807) is 0 Å². The second-order valence-corrected chi connectivity index (χ2v) is 5.33. The average molecular weight is 310 g/mol. The Labute approximate surface area is 134 Å². The van der Waals surface area contributed by atoms with Gasteiger partial charge in [0, 0.05) is 27.6 Å². The number of ether oxygens (including phenoxy) is 1. The van der Waals surface area contributed by atoms with E-state index in [1.165, 1.54) is 0 Å². The molecule has 0 amide bonds. The Balaban J connectivity index is 2.14. The van der Waals surface area contributed by atoms with E-state index in [0.29, 0.717) is 12.4 Å². The summed E-state index contributed by atoms with van der Waals surface area (Å²) in [5.41, 5.74) is 2.74. The van der Waals surface area contributed by atoms with E-state index in [2.05, 4.69) is 4.98 Å². The van der Waals surface area contributed by atoms with Crippen LogP contribution >= 0.6 is 0 Å². The van der Waals surface area contributed by atoms with Gasteiger partial charge in [-0.3, -0.25) is 10.1 Å². The fraction of sp³-hybridized carbons (Fsp3) is 0.222. The van der Waals surface area contributed by atoms with E-state index < -0.39 is 0 Å². The lowest BCUT2D eigenvalue weighted by Gasteiger charge is -2.17. The molecule has 0 bridgehead atoms. The van der Waals surface area contributed by atoms with Crippen molar-refractivity contribution in [3.8, 4) is 5.75 Å². The van der Waals surface area contributed by atoms with Crippen LogP contribution in [0.2, 0.25) is 0 Å². The molecule has 0 aliphatic carbocycles. The molecule has 0 unspecified atom stereocenters. The van der Waals surface area contributed by atoms with Crippen LogP contribution in [0, 0.1) is 10.1 Å². The first kappa shape index (κ1) is 15.1. The molecular formula is C18H18N2O3. The molecule has 0 saturated heterocycles. The molecule has 23 heavy (non-hydrogen) atoms. The minimum absolute atomic E-state index is 0.175. The van der Waals surface area contributed by atoms with Crippen LogP contribution < -0.4 is 4.74 Å². The van der Waals surface area contributed by atoms with Gasteiger partial charge in [0.2, 0.25) is 6.54 Å². The number of nitrogens with zero attached hydrogens (tertiary/aromatic N) is 1. The maximum absolute atomic E-state index is 11.2. The van der Waals surface area contributed by atoms with E-state index in [9.17, 15) is 10.1 Å². The molecular weight excluding hydrogens is 292 g/mol. The Morgan fingerprint density at radius 3 is 2.65 bits per heavy atom. The number of nitrogens with one attached hydrogen (secondary N) is 1. The van der Waals surface area contributed by atoms with Gasteiger partial charge in [-0.05, 0) is 24.6 Å². The van der Waals surface area contributed by atoms with Crippen molar-refractivity contribution < 1.29 is 9.66 Å². The number of para-hydroxylation sites is 2. The van der Waals surface area contributed by atoms with E-state index in [4.69, 9.17) is 4.74 Å². The number of benzene rings is 2. The zero-order valence-corrected chi connectivity index (χ0v) is 12.9. The highest BCUT2D eigenvalue weighted by Crippen LogP contribution is 2.35. The second kappa shape index (κ2) is 6.52. The standard InChI is InChI=1S/C18H18N2O3/c1-2-23-18-10-6-4-8-14(18)16(12-20(21)22)15-11-19-17-9-5-3-7-13(15)17/h3-11,16,19H,2,12H2,1H3/t16-/m1/s1. The summed E-state index contributed by atoms with van der Waals surface area (Å²) < 4.78 is 5.68. The highest BCUT2D eigenvalue weighted by molar-refractivity contribution is 5.84. The van der Waals surface area contributed by atoms with Crippen molar-refractivity contribution in [1.29, 1.82) is 0 Å². The summed E-state index contributed by atoms with van der Waals surface area (Å²) in [4.78, 5) is 14.2. The van der Waals surface area contributed by atoms with E-state index in [0.717, 1.165) is 22.0 Å². The zero-order valence-electron chi connectivity index (χ0n) is 12.9.